The number of anilines is 1. The smallest absolute Gasteiger partial charge is 0.133 e. The van der Waals surface area contributed by atoms with Crippen LogP contribution in [0.5, 0.6) is 0 Å². The second-order valence-electron chi connectivity index (χ2n) is 7.38. The fraction of sp³-hybridized carbons (Fsp3) is 0.208. The molecular formula is C24H21ClN4O. The van der Waals surface area contributed by atoms with E-state index in [-0.39, 0.29) is 6.10 Å². The number of hydrogen-bond acceptors (Lipinski definition) is 5. The maximum absolute atomic E-state index is 6.41. The molecule has 1 fully saturated rings. The van der Waals surface area contributed by atoms with E-state index in [1.807, 2.05) is 30.3 Å². The van der Waals surface area contributed by atoms with E-state index in [2.05, 4.69) is 39.2 Å². The summed E-state index contributed by atoms with van der Waals surface area (Å²) in [6.45, 7) is 1.59. The van der Waals surface area contributed by atoms with Crippen molar-refractivity contribution in [2.24, 2.45) is 4.99 Å². The predicted molar refractivity (Wildman–Crippen MR) is 122 cm³/mol. The summed E-state index contributed by atoms with van der Waals surface area (Å²) in [4.78, 5) is 15.7. The van der Waals surface area contributed by atoms with E-state index in [1.54, 1.807) is 18.6 Å². The lowest BCUT2D eigenvalue weighted by Crippen LogP contribution is -2.52. The largest absolute Gasteiger partial charge is 0.489 e. The molecule has 0 spiro atoms. The van der Waals surface area contributed by atoms with Gasteiger partial charge in [0, 0.05) is 36.0 Å². The number of aromatic nitrogens is 2. The van der Waals surface area contributed by atoms with Gasteiger partial charge in [0.1, 0.15) is 23.4 Å². The van der Waals surface area contributed by atoms with E-state index in [9.17, 15) is 0 Å². The molecule has 2 aromatic heterocycles. The Labute approximate surface area is 180 Å². The minimum absolute atomic E-state index is 0.0995. The topological polar surface area (TPSA) is 50.6 Å². The quantitative estimate of drug-likeness (QED) is 0.580. The van der Waals surface area contributed by atoms with Gasteiger partial charge in [-0.2, -0.15) is 0 Å². The van der Waals surface area contributed by atoms with Gasteiger partial charge in [0.2, 0.25) is 0 Å². The van der Waals surface area contributed by atoms with E-state index in [1.165, 1.54) is 0 Å². The highest BCUT2D eigenvalue weighted by atomic mass is 35.5. The number of aliphatic imine (C=N–C) groups is 1. The molecule has 30 heavy (non-hydrogen) atoms. The minimum Gasteiger partial charge on any atom is -0.489 e. The first-order valence-electron chi connectivity index (χ1n) is 10.1. The third-order valence-corrected chi connectivity index (χ3v) is 5.62. The Morgan fingerprint density at radius 2 is 1.97 bits per heavy atom. The molecule has 150 valence electrons. The number of halogens is 1. The van der Waals surface area contributed by atoms with E-state index in [0.717, 1.165) is 59.7 Å². The van der Waals surface area contributed by atoms with Gasteiger partial charge in [-0.3, -0.25) is 9.98 Å². The molecule has 1 saturated heterocycles. The summed E-state index contributed by atoms with van der Waals surface area (Å²) in [7, 11) is 0. The fourth-order valence-corrected chi connectivity index (χ4v) is 3.92. The molecule has 2 aliphatic rings. The predicted octanol–water partition coefficient (Wildman–Crippen LogP) is 5.28. The van der Waals surface area contributed by atoms with Crippen molar-refractivity contribution in [1.29, 1.82) is 0 Å². The second kappa shape index (κ2) is 8.28. The number of rotatable bonds is 4. The first kappa shape index (κ1) is 18.8. The molecule has 6 heteroatoms. The maximum atomic E-state index is 6.41. The van der Waals surface area contributed by atoms with Crippen LogP contribution in [0.4, 0.5) is 5.82 Å². The third kappa shape index (κ3) is 3.81. The third-order valence-electron chi connectivity index (χ3n) is 5.32. The van der Waals surface area contributed by atoms with Crippen molar-refractivity contribution in [2.45, 2.75) is 18.9 Å². The molecule has 1 aromatic carbocycles. The highest BCUT2D eigenvalue weighted by molar-refractivity contribution is 6.32. The first-order chi connectivity index (χ1) is 14.8. The zero-order valence-electron chi connectivity index (χ0n) is 16.4. The highest BCUT2D eigenvalue weighted by Gasteiger charge is 2.31. The summed E-state index contributed by atoms with van der Waals surface area (Å²) in [5, 5.41) is 1.73. The Hall–Kier alpha value is -3.18. The Balaban J connectivity index is 1.35. The van der Waals surface area contributed by atoms with Crippen LogP contribution >= 0.6 is 11.6 Å². The number of allylic oxidation sites excluding steroid dienone is 3. The van der Waals surface area contributed by atoms with Gasteiger partial charge in [0.15, 0.2) is 0 Å². The van der Waals surface area contributed by atoms with Crippen LogP contribution in [0.1, 0.15) is 18.4 Å². The van der Waals surface area contributed by atoms with E-state index in [0.29, 0.717) is 5.02 Å². The van der Waals surface area contributed by atoms with Crippen LogP contribution in [-0.4, -0.2) is 35.4 Å². The molecule has 0 aliphatic carbocycles. The SMILES string of the molecule is Clc1cnccc1C1=C(OC2CN(c3ccc4ccccc4n3)C2)CCC=CC=N1. The molecule has 3 aromatic rings. The van der Waals surface area contributed by atoms with Crippen molar-refractivity contribution in [1.82, 2.24) is 9.97 Å². The number of nitrogens with zero attached hydrogens (tertiary/aromatic N) is 4. The summed E-state index contributed by atoms with van der Waals surface area (Å²) >= 11 is 6.39. The lowest BCUT2D eigenvalue weighted by Gasteiger charge is -2.40. The minimum atomic E-state index is 0.0995. The number of para-hydroxylation sites is 1. The van der Waals surface area contributed by atoms with Gasteiger partial charge in [-0.25, -0.2) is 4.98 Å². The molecule has 0 saturated carbocycles. The highest BCUT2D eigenvalue weighted by Crippen LogP contribution is 2.32. The van der Waals surface area contributed by atoms with Gasteiger partial charge in [0.05, 0.1) is 23.6 Å². The number of benzene rings is 1. The zero-order valence-corrected chi connectivity index (χ0v) is 17.2. The number of fused-ring (bicyclic) bond motifs is 1. The second-order valence-corrected chi connectivity index (χ2v) is 7.79. The zero-order chi connectivity index (χ0) is 20.3. The van der Waals surface area contributed by atoms with Crippen molar-refractivity contribution < 1.29 is 4.74 Å². The van der Waals surface area contributed by atoms with Gasteiger partial charge >= 0.3 is 0 Å². The number of hydrogen-bond donors (Lipinski definition) is 0. The van der Waals surface area contributed by atoms with Crippen molar-refractivity contribution in [3.63, 3.8) is 0 Å². The molecule has 5 nitrogen and oxygen atoms in total. The van der Waals surface area contributed by atoms with E-state index >= 15 is 0 Å². The monoisotopic (exact) mass is 416 g/mol. The van der Waals surface area contributed by atoms with Crippen molar-refractivity contribution in [3.8, 4) is 0 Å². The molecule has 0 atom stereocenters. The number of pyridine rings is 2. The molecule has 0 N–H and O–H groups in total. The van der Waals surface area contributed by atoms with Crippen molar-refractivity contribution >= 4 is 40.2 Å². The molecule has 2 aliphatic heterocycles. The van der Waals surface area contributed by atoms with E-state index < -0.39 is 0 Å². The molecular weight excluding hydrogens is 396 g/mol. The molecule has 5 rings (SSSR count). The Morgan fingerprint density at radius 3 is 2.87 bits per heavy atom. The van der Waals surface area contributed by atoms with Crippen LogP contribution in [0.25, 0.3) is 16.6 Å². The Kier molecular flexibility index (Phi) is 5.20. The molecule has 0 radical (unpaired) electrons. The standard InChI is InChI=1S/C24H21ClN4O/c25-20-14-26-13-11-19(20)24-22(8-2-1-5-12-27-24)30-18-15-29(16-18)23-10-9-17-6-3-4-7-21(17)28-23/h1,3-7,9-14,18H,2,8,15-16H2. The van der Waals surface area contributed by atoms with Gasteiger partial charge in [0.25, 0.3) is 0 Å². The molecule has 0 unspecified atom stereocenters. The lowest BCUT2D eigenvalue weighted by molar-refractivity contribution is 0.0857. The number of ether oxygens (including phenoxy) is 1. The summed E-state index contributed by atoms with van der Waals surface area (Å²) < 4.78 is 6.41. The van der Waals surface area contributed by atoms with Crippen molar-refractivity contribution in [3.05, 3.63) is 83.4 Å². The van der Waals surface area contributed by atoms with Crippen LogP contribution in [0.3, 0.4) is 0 Å². The van der Waals surface area contributed by atoms with Crippen LogP contribution in [0.15, 0.2) is 77.8 Å². The van der Waals surface area contributed by atoms with Gasteiger partial charge in [-0.15, -0.1) is 0 Å². The Morgan fingerprint density at radius 1 is 1.07 bits per heavy atom. The summed E-state index contributed by atoms with van der Waals surface area (Å²) in [6.07, 6.45) is 11.0. The first-order valence-corrected chi connectivity index (χ1v) is 10.5. The molecule has 4 heterocycles. The van der Waals surface area contributed by atoms with E-state index in [4.69, 9.17) is 21.3 Å². The molecule has 0 bridgehead atoms. The maximum Gasteiger partial charge on any atom is 0.133 e. The Bertz CT molecular complexity index is 1160. The van der Waals surface area contributed by atoms with Gasteiger partial charge in [-0.05, 0) is 36.8 Å². The van der Waals surface area contributed by atoms with Gasteiger partial charge < -0.3 is 9.64 Å². The summed E-state index contributed by atoms with van der Waals surface area (Å²) in [5.74, 6) is 1.86. The van der Waals surface area contributed by atoms with Crippen LogP contribution in [0.2, 0.25) is 5.02 Å². The lowest BCUT2D eigenvalue weighted by atomic mass is 10.1. The van der Waals surface area contributed by atoms with Crippen molar-refractivity contribution in [2.75, 3.05) is 18.0 Å². The summed E-state index contributed by atoms with van der Waals surface area (Å²) in [5.41, 5.74) is 2.65. The molecule has 0 amide bonds. The average Bonchev–Trinajstić information content (AvgIpc) is 2.72. The van der Waals surface area contributed by atoms with Crippen LogP contribution in [0, 0.1) is 0 Å². The van der Waals surface area contributed by atoms with Crippen LogP contribution < -0.4 is 4.90 Å². The summed E-state index contributed by atoms with van der Waals surface area (Å²) in [6, 6.07) is 14.2. The average molecular weight is 417 g/mol. The van der Waals surface area contributed by atoms with Gasteiger partial charge in [-0.1, -0.05) is 35.9 Å². The van der Waals surface area contributed by atoms with Crippen LogP contribution in [-0.2, 0) is 4.74 Å². The fourth-order valence-electron chi connectivity index (χ4n) is 3.71. The normalized spacial score (nSPS) is 17.0.